The van der Waals surface area contributed by atoms with Crippen LogP contribution in [0.15, 0.2) is 77.2 Å². The Bertz CT molecular complexity index is 1170. The second-order valence-corrected chi connectivity index (χ2v) is 7.09. The number of ketones is 1. The summed E-state index contributed by atoms with van der Waals surface area (Å²) < 4.78 is 11.1. The third-order valence-corrected chi connectivity index (χ3v) is 4.84. The third kappa shape index (κ3) is 3.96. The van der Waals surface area contributed by atoms with Crippen molar-refractivity contribution in [1.82, 2.24) is 4.98 Å². The van der Waals surface area contributed by atoms with E-state index in [0.717, 1.165) is 11.3 Å². The van der Waals surface area contributed by atoms with Gasteiger partial charge >= 0.3 is 0 Å². The first-order valence-corrected chi connectivity index (χ1v) is 9.59. The fourth-order valence-corrected chi connectivity index (χ4v) is 3.15. The molecule has 0 fully saturated rings. The number of hydrogen-bond donors (Lipinski definition) is 0. The molecule has 30 heavy (non-hydrogen) atoms. The Morgan fingerprint density at radius 1 is 0.967 bits per heavy atom. The largest absolute Gasteiger partial charge is 0.497 e. The van der Waals surface area contributed by atoms with Gasteiger partial charge in [-0.25, -0.2) is 4.98 Å². The zero-order valence-corrected chi connectivity index (χ0v) is 17.1. The number of benzene rings is 3. The van der Waals surface area contributed by atoms with Gasteiger partial charge in [-0.1, -0.05) is 24.3 Å². The molecule has 0 unspecified atom stereocenters. The van der Waals surface area contributed by atoms with E-state index in [0.29, 0.717) is 33.9 Å². The molecule has 0 spiro atoms. The highest BCUT2D eigenvalue weighted by Gasteiger charge is 2.20. The first-order valence-electron chi connectivity index (χ1n) is 9.59. The smallest absolute Gasteiger partial charge is 0.231 e. The lowest BCUT2D eigenvalue weighted by Gasteiger charge is -2.12. The predicted molar refractivity (Wildman–Crippen MR) is 120 cm³/mol. The van der Waals surface area contributed by atoms with Gasteiger partial charge in [0.2, 0.25) is 5.89 Å². The highest BCUT2D eigenvalue weighted by Crippen LogP contribution is 2.27. The molecule has 5 nitrogen and oxygen atoms in total. The number of para-hydroxylation sites is 2. The number of oxazole rings is 1. The number of Topliss-reactive ketones (excluding diaryl/α,β-unsaturated/α-hetero) is 1. The maximum Gasteiger partial charge on any atom is 0.231 e. The van der Waals surface area contributed by atoms with E-state index in [1.54, 1.807) is 31.4 Å². The normalized spacial score (nSPS) is 11.5. The van der Waals surface area contributed by atoms with Crippen LogP contribution in [-0.2, 0) is 0 Å². The summed E-state index contributed by atoms with van der Waals surface area (Å²) in [6, 6.07) is 22.5. The molecular formula is C25H22N2O3. The van der Waals surface area contributed by atoms with E-state index in [2.05, 4.69) is 4.98 Å². The molecule has 0 amide bonds. The minimum Gasteiger partial charge on any atom is -0.497 e. The van der Waals surface area contributed by atoms with Gasteiger partial charge in [-0.05, 0) is 60.2 Å². The Hall–Kier alpha value is -3.86. The lowest BCUT2D eigenvalue weighted by atomic mass is 10.0. The number of anilines is 1. The first kappa shape index (κ1) is 19.5. The fraction of sp³-hybridized carbons (Fsp3) is 0.120. The van der Waals surface area contributed by atoms with Crippen LogP contribution in [0.2, 0.25) is 0 Å². The van der Waals surface area contributed by atoms with E-state index in [-0.39, 0.29) is 5.78 Å². The van der Waals surface area contributed by atoms with E-state index in [4.69, 9.17) is 9.15 Å². The molecule has 0 bridgehead atoms. The number of carbonyl (C=O) groups excluding carboxylic acids is 1. The van der Waals surface area contributed by atoms with Crippen LogP contribution < -0.4 is 9.64 Å². The number of nitrogens with zero attached hydrogens (tertiary/aromatic N) is 2. The van der Waals surface area contributed by atoms with Crippen molar-refractivity contribution in [2.75, 3.05) is 26.1 Å². The van der Waals surface area contributed by atoms with Crippen molar-refractivity contribution in [3.05, 3.63) is 89.8 Å². The van der Waals surface area contributed by atoms with Crippen LogP contribution in [-0.4, -0.2) is 32.0 Å². The Labute approximate surface area is 175 Å². The topological polar surface area (TPSA) is 55.6 Å². The minimum atomic E-state index is -0.166. The van der Waals surface area contributed by atoms with E-state index >= 15 is 0 Å². The molecule has 150 valence electrons. The van der Waals surface area contributed by atoms with Gasteiger partial charge in [0.05, 0.1) is 12.7 Å². The van der Waals surface area contributed by atoms with Crippen LogP contribution in [0.4, 0.5) is 5.69 Å². The lowest BCUT2D eigenvalue weighted by molar-refractivity contribution is 0.105. The van der Waals surface area contributed by atoms with Crippen LogP contribution in [0.25, 0.3) is 22.7 Å². The lowest BCUT2D eigenvalue weighted by Crippen LogP contribution is -2.08. The molecule has 0 aliphatic rings. The Morgan fingerprint density at radius 2 is 1.67 bits per heavy atom. The minimum absolute atomic E-state index is 0.166. The van der Waals surface area contributed by atoms with Crippen molar-refractivity contribution in [1.29, 1.82) is 0 Å². The van der Waals surface area contributed by atoms with Gasteiger partial charge in [0.25, 0.3) is 0 Å². The Kier molecular flexibility index (Phi) is 5.35. The highest BCUT2D eigenvalue weighted by atomic mass is 16.5. The summed E-state index contributed by atoms with van der Waals surface area (Å²) in [4.78, 5) is 20.0. The maximum atomic E-state index is 13.4. The average Bonchev–Trinajstić information content (AvgIpc) is 3.21. The molecular weight excluding hydrogens is 376 g/mol. The number of hydrogen-bond acceptors (Lipinski definition) is 5. The standard InChI is InChI=1S/C25H22N2O3/c1-27(2)19-12-8-17(9-13-19)16-21(24(28)18-10-14-20(29-3)15-11-18)25-26-22-6-4-5-7-23(22)30-25/h4-16H,1-3H3/b21-16+. The first-order chi connectivity index (χ1) is 14.5. The SMILES string of the molecule is COc1ccc(C(=O)/C(=C\c2ccc(N(C)C)cc2)c2nc3ccccc3o2)cc1. The van der Waals surface area contributed by atoms with E-state index in [9.17, 15) is 4.79 Å². The van der Waals surface area contributed by atoms with Gasteiger partial charge in [-0.2, -0.15) is 0 Å². The average molecular weight is 398 g/mol. The maximum absolute atomic E-state index is 13.4. The fourth-order valence-electron chi connectivity index (χ4n) is 3.15. The van der Waals surface area contributed by atoms with E-state index in [1.165, 1.54) is 0 Å². The number of rotatable bonds is 6. The molecule has 5 heteroatoms. The van der Waals surface area contributed by atoms with Crippen LogP contribution in [0, 0.1) is 0 Å². The number of aromatic nitrogens is 1. The molecule has 0 saturated carbocycles. The van der Waals surface area contributed by atoms with Crippen molar-refractivity contribution in [2.45, 2.75) is 0 Å². The van der Waals surface area contributed by atoms with E-state index in [1.807, 2.05) is 73.6 Å². The summed E-state index contributed by atoms with van der Waals surface area (Å²) in [7, 11) is 5.57. The van der Waals surface area contributed by atoms with Crippen molar-refractivity contribution in [2.24, 2.45) is 0 Å². The van der Waals surface area contributed by atoms with Gasteiger partial charge < -0.3 is 14.1 Å². The van der Waals surface area contributed by atoms with Crippen LogP contribution >= 0.6 is 0 Å². The predicted octanol–water partition coefficient (Wildman–Crippen LogP) is 5.33. The van der Waals surface area contributed by atoms with Crippen LogP contribution in [0.3, 0.4) is 0 Å². The van der Waals surface area contributed by atoms with Crippen molar-refractivity contribution in [3.8, 4) is 5.75 Å². The number of methoxy groups -OCH3 is 1. The zero-order chi connectivity index (χ0) is 21.1. The summed E-state index contributed by atoms with van der Waals surface area (Å²) in [6.45, 7) is 0. The second kappa shape index (κ2) is 8.25. The summed E-state index contributed by atoms with van der Waals surface area (Å²) in [5.74, 6) is 0.827. The number of carbonyl (C=O) groups is 1. The Morgan fingerprint density at radius 3 is 2.30 bits per heavy atom. The monoisotopic (exact) mass is 398 g/mol. The molecule has 3 aromatic carbocycles. The summed E-state index contributed by atoms with van der Waals surface area (Å²) in [5.41, 5.74) is 4.26. The Balaban J connectivity index is 1.79. The second-order valence-electron chi connectivity index (χ2n) is 7.09. The van der Waals surface area contributed by atoms with E-state index < -0.39 is 0 Å². The van der Waals surface area contributed by atoms with Crippen molar-refractivity contribution >= 4 is 34.2 Å². The van der Waals surface area contributed by atoms with Gasteiger partial charge in [-0.3, -0.25) is 4.79 Å². The van der Waals surface area contributed by atoms with Gasteiger partial charge in [0, 0.05) is 25.3 Å². The van der Waals surface area contributed by atoms with Crippen molar-refractivity contribution < 1.29 is 13.9 Å². The van der Waals surface area contributed by atoms with Crippen LogP contribution in [0.5, 0.6) is 5.75 Å². The molecule has 4 aromatic rings. The molecule has 1 heterocycles. The van der Waals surface area contributed by atoms with Gasteiger partial charge in [-0.15, -0.1) is 0 Å². The quantitative estimate of drug-likeness (QED) is 0.325. The third-order valence-electron chi connectivity index (χ3n) is 4.84. The number of ether oxygens (including phenoxy) is 1. The number of fused-ring (bicyclic) bond motifs is 1. The molecule has 0 aliphatic heterocycles. The molecule has 4 rings (SSSR count). The summed E-state index contributed by atoms with van der Waals surface area (Å²) >= 11 is 0. The van der Waals surface area contributed by atoms with Gasteiger partial charge in [0.15, 0.2) is 11.4 Å². The molecule has 0 saturated heterocycles. The van der Waals surface area contributed by atoms with Crippen molar-refractivity contribution in [3.63, 3.8) is 0 Å². The molecule has 0 N–H and O–H groups in total. The molecule has 0 radical (unpaired) electrons. The zero-order valence-electron chi connectivity index (χ0n) is 17.1. The van der Waals surface area contributed by atoms with Crippen LogP contribution in [0.1, 0.15) is 21.8 Å². The van der Waals surface area contributed by atoms with Gasteiger partial charge in [0.1, 0.15) is 11.3 Å². The molecule has 0 aliphatic carbocycles. The molecule has 0 atom stereocenters. The summed E-state index contributed by atoms with van der Waals surface area (Å²) in [5, 5.41) is 0. The summed E-state index contributed by atoms with van der Waals surface area (Å²) in [6.07, 6.45) is 1.82. The number of allylic oxidation sites excluding steroid dienone is 1. The highest BCUT2D eigenvalue weighted by molar-refractivity contribution is 6.31. The molecule has 1 aromatic heterocycles.